The topological polar surface area (TPSA) is 112 Å². The van der Waals surface area contributed by atoms with Gasteiger partial charge in [0.05, 0.1) is 17.3 Å². The van der Waals surface area contributed by atoms with Crippen LogP contribution in [0, 0.1) is 13.8 Å². The van der Waals surface area contributed by atoms with E-state index in [2.05, 4.69) is 36.3 Å². The fraction of sp³-hybridized carbons (Fsp3) is 0.316. The van der Waals surface area contributed by atoms with Crippen molar-refractivity contribution in [1.29, 1.82) is 0 Å². The molecule has 3 rings (SSSR count). The molecule has 29 heavy (non-hydrogen) atoms. The Hall–Kier alpha value is -3.01. The highest BCUT2D eigenvalue weighted by molar-refractivity contribution is 9.10. The Morgan fingerprint density at radius 1 is 1.28 bits per heavy atom. The molecule has 1 aromatic carbocycles. The van der Waals surface area contributed by atoms with Crippen LogP contribution >= 0.6 is 15.9 Å². The SMILES string of the molecule is COc1ccc(C(=O)c2c(C)[nH]c(-c3nnn(C(C)OC(C)=O)n3)c2C)cc1Br. The van der Waals surface area contributed by atoms with Gasteiger partial charge in [-0.2, -0.15) is 0 Å². The van der Waals surface area contributed by atoms with Gasteiger partial charge in [-0.25, -0.2) is 0 Å². The van der Waals surface area contributed by atoms with Crippen molar-refractivity contribution in [1.82, 2.24) is 25.2 Å². The van der Waals surface area contributed by atoms with Crippen LogP contribution in [0.3, 0.4) is 0 Å². The summed E-state index contributed by atoms with van der Waals surface area (Å²) in [5.41, 5.74) is 3.05. The van der Waals surface area contributed by atoms with Crippen LogP contribution in [0.2, 0.25) is 0 Å². The zero-order valence-corrected chi connectivity index (χ0v) is 18.2. The van der Waals surface area contributed by atoms with Crippen LogP contribution in [-0.4, -0.2) is 44.1 Å². The maximum absolute atomic E-state index is 13.1. The van der Waals surface area contributed by atoms with Gasteiger partial charge in [0.25, 0.3) is 0 Å². The van der Waals surface area contributed by atoms with E-state index in [-0.39, 0.29) is 5.78 Å². The lowest BCUT2D eigenvalue weighted by molar-refractivity contribution is -0.151. The van der Waals surface area contributed by atoms with E-state index in [1.165, 1.54) is 11.7 Å². The van der Waals surface area contributed by atoms with Gasteiger partial charge in [-0.1, -0.05) is 0 Å². The number of ketones is 1. The van der Waals surface area contributed by atoms with Gasteiger partial charge in [-0.3, -0.25) is 9.59 Å². The van der Waals surface area contributed by atoms with Crippen LogP contribution in [0.5, 0.6) is 5.75 Å². The minimum Gasteiger partial charge on any atom is -0.496 e. The molecule has 0 aliphatic carbocycles. The number of esters is 1. The Bertz CT molecular complexity index is 1090. The van der Waals surface area contributed by atoms with Crippen LogP contribution in [0.25, 0.3) is 11.5 Å². The molecule has 0 bridgehead atoms. The number of rotatable bonds is 6. The van der Waals surface area contributed by atoms with E-state index >= 15 is 0 Å². The molecule has 0 aliphatic heterocycles. The molecule has 0 radical (unpaired) electrons. The third kappa shape index (κ3) is 4.07. The molecule has 2 heterocycles. The summed E-state index contributed by atoms with van der Waals surface area (Å²) in [6, 6.07) is 5.17. The second-order valence-corrected chi connectivity index (χ2v) is 7.30. The Kier molecular flexibility index (Phi) is 5.83. The minimum absolute atomic E-state index is 0.133. The molecule has 0 fully saturated rings. The van der Waals surface area contributed by atoms with E-state index in [4.69, 9.17) is 9.47 Å². The smallest absolute Gasteiger partial charge is 0.304 e. The standard InChI is InChI=1S/C19H20BrN5O4/c1-9-16(18(27)13-6-7-15(28-5)14(20)8-13)10(2)21-17(9)19-22-24-25(23-19)11(3)29-12(4)26/h6-8,11,21H,1-5H3. The van der Waals surface area contributed by atoms with E-state index < -0.39 is 12.2 Å². The molecule has 2 aromatic heterocycles. The number of hydrogen-bond acceptors (Lipinski definition) is 7. The number of tetrazole rings is 1. The van der Waals surface area contributed by atoms with E-state index in [1.807, 2.05) is 13.8 Å². The van der Waals surface area contributed by atoms with Crippen LogP contribution in [-0.2, 0) is 9.53 Å². The van der Waals surface area contributed by atoms with E-state index in [9.17, 15) is 9.59 Å². The summed E-state index contributed by atoms with van der Waals surface area (Å²) < 4.78 is 11.0. The molecule has 9 nitrogen and oxygen atoms in total. The normalized spacial score (nSPS) is 11.9. The van der Waals surface area contributed by atoms with Crippen molar-refractivity contribution >= 4 is 27.7 Å². The van der Waals surface area contributed by atoms with Gasteiger partial charge in [0.1, 0.15) is 5.75 Å². The summed E-state index contributed by atoms with van der Waals surface area (Å²) in [7, 11) is 1.57. The summed E-state index contributed by atoms with van der Waals surface area (Å²) in [4.78, 5) is 28.6. The summed E-state index contributed by atoms with van der Waals surface area (Å²) in [6.45, 7) is 6.58. The van der Waals surface area contributed by atoms with Crippen molar-refractivity contribution in [3.05, 3.63) is 45.1 Å². The molecular formula is C19H20BrN5O4. The quantitative estimate of drug-likeness (QED) is 0.442. The van der Waals surface area contributed by atoms with Crippen molar-refractivity contribution in [2.75, 3.05) is 7.11 Å². The maximum atomic E-state index is 13.1. The lowest BCUT2D eigenvalue weighted by atomic mass is 9.99. The number of aromatic nitrogens is 5. The zero-order chi connectivity index (χ0) is 21.3. The van der Waals surface area contributed by atoms with Crippen LogP contribution < -0.4 is 4.74 Å². The van der Waals surface area contributed by atoms with Crippen molar-refractivity contribution in [2.45, 2.75) is 33.9 Å². The van der Waals surface area contributed by atoms with E-state index in [0.717, 1.165) is 0 Å². The van der Waals surface area contributed by atoms with E-state index in [0.29, 0.717) is 44.1 Å². The second-order valence-electron chi connectivity index (χ2n) is 6.45. The third-order valence-corrected chi connectivity index (χ3v) is 5.01. The highest BCUT2D eigenvalue weighted by atomic mass is 79.9. The molecule has 0 saturated carbocycles. The zero-order valence-electron chi connectivity index (χ0n) is 16.6. The highest BCUT2D eigenvalue weighted by Gasteiger charge is 2.24. The number of hydrogen-bond donors (Lipinski definition) is 1. The number of carbonyl (C=O) groups excluding carboxylic acids is 2. The maximum Gasteiger partial charge on any atom is 0.304 e. The Morgan fingerprint density at radius 2 is 2.00 bits per heavy atom. The summed E-state index contributed by atoms with van der Waals surface area (Å²) in [5, 5.41) is 12.2. The number of aromatic amines is 1. The summed E-state index contributed by atoms with van der Waals surface area (Å²) in [6.07, 6.45) is -0.692. The van der Waals surface area contributed by atoms with Crippen molar-refractivity contribution in [3.63, 3.8) is 0 Å². The minimum atomic E-state index is -0.692. The average Bonchev–Trinajstić information content (AvgIpc) is 3.25. The molecule has 1 N–H and O–H groups in total. The number of nitrogens with zero attached hydrogens (tertiary/aromatic N) is 4. The fourth-order valence-electron chi connectivity index (χ4n) is 3.03. The first-order valence-corrected chi connectivity index (χ1v) is 9.56. The Balaban J connectivity index is 1.95. The number of benzene rings is 1. The molecule has 1 unspecified atom stereocenters. The first-order chi connectivity index (χ1) is 13.7. The molecule has 10 heteroatoms. The molecule has 3 aromatic rings. The van der Waals surface area contributed by atoms with Gasteiger partial charge in [-0.05, 0) is 65.7 Å². The van der Waals surface area contributed by atoms with Gasteiger partial charge in [0.2, 0.25) is 12.1 Å². The van der Waals surface area contributed by atoms with Crippen molar-refractivity contribution < 1.29 is 19.1 Å². The average molecular weight is 462 g/mol. The number of ether oxygens (including phenoxy) is 2. The van der Waals surface area contributed by atoms with Crippen molar-refractivity contribution in [2.24, 2.45) is 0 Å². The second kappa shape index (κ2) is 8.16. The van der Waals surface area contributed by atoms with Gasteiger partial charge in [0.15, 0.2) is 5.78 Å². The highest BCUT2D eigenvalue weighted by Crippen LogP contribution is 2.30. The fourth-order valence-corrected chi connectivity index (χ4v) is 3.57. The van der Waals surface area contributed by atoms with E-state index in [1.54, 1.807) is 32.2 Å². The van der Waals surface area contributed by atoms with Gasteiger partial charge in [-0.15, -0.1) is 15.0 Å². The lowest BCUT2D eigenvalue weighted by Gasteiger charge is -2.08. The number of H-pyrrole nitrogens is 1. The largest absolute Gasteiger partial charge is 0.496 e. The van der Waals surface area contributed by atoms with Crippen molar-refractivity contribution in [3.8, 4) is 17.3 Å². The number of nitrogens with one attached hydrogen (secondary N) is 1. The molecule has 0 saturated heterocycles. The third-order valence-electron chi connectivity index (χ3n) is 4.39. The Labute approximate surface area is 175 Å². The van der Waals surface area contributed by atoms with Gasteiger partial charge >= 0.3 is 5.97 Å². The van der Waals surface area contributed by atoms with Crippen LogP contribution in [0.1, 0.15) is 47.3 Å². The molecular weight excluding hydrogens is 442 g/mol. The molecule has 152 valence electrons. The summed E-state index contributed by atoms with van der Waals surface area (Å²) in [5.74, 6) is 0.375. The van der Waals surface area contributed by atoms with Crippen LogP contribution in [0.15, 0.2) is 22.7 Å². The first-order valence-electron chi connectivity index (χ1n) is 8.77. The molecule has 0 amide bonds. The van der Waals surface area contributed by atoms with Crippen LogP contribution in [0.4, 0.5) is 0 Å². The molecule has 1 atom stereocenters. The number of methoxy groups -OCH3 is 1. The number of halogens is 1. The lowest BCUT2D eigenvalue weighted by Crippen LogP contribution is -2.15. The Morgan fingerprint density at radius 3 is 2.62 bits per heavy atom. The number of aryl methyl sites for hydroxylation is 1. The van der Waals surface area contributed by atoms with Gasteiger partial charge < -0.3 is 14.5 Å². The monoisotopic (exact) mass is 461 g/mol. The predicted molar refractivity (Wildman–Crippen MR) is 108 cm³/mol. The molecule has 0 aliphatic rings. The predicted octanol–water partition coefficient (Wildman–Crippen LogP) is 3.37. The summed E-state index contributed by atoms with van der Waals surface area (Å²) >= 11 is 3.41. The molecule has 0 spiro atoms. The first kappa shape index (κ1) is 20.7. The number of carbonyl (C=O) groups is 2. The van der Waals surface area contributed by atoms with Gasteiger partial charge in [0, 0.05) is 23.7 Å².